The SMILES string of the molecule is C[C@H]1CC(OCSSC(C)(C)CCC(=O)CCOCCOCCOCCOCCCC(=O)OC2CC/C=C/CCC2)[C@@H](COP(=O)(O)OP(=O)(O)OP(=O)(O)O)O1.C[C@H]1CC(OCSSC(C)(C)CCC(=O)OC2CC/C=C/CCC2)[C@@H](COP(=O)(O)OP(=O)(O)OP(=O)(O)O)O1. The van der Waals surface area contributed by atoms with Gasteiger partial charge in [-0.15, -0.1) is 0 Å². The predicted molar refractivity (Wildman–Crippen MR) is 360 cm³/mol. The Balaban J connectivity index is 0.000000537. The lowest BCUT2D eigenvalue weighted by Gasteiger charge is -2.25. The molecule has 43 heteroatoms. The van der Waals surface area contributed by atoms with Gasteiger partial charge in [-0.2, -0.15) is 17.2 Å². The van der Waals surface area contributed by atoms with E-state index in [-0.39, 0.29) is 63.5 Å². The van der Waals surface area contributed by atoms with Crippen LogP contribution in [0.15, 0.2) is 24.3 Å². The highest BCUT2D eigenvalue weighted by Crippen LogP contribution is 2.67. The van der Waals surface area contributed by atoms with E-state index in [1.165, 1.54) is 32.4 Å². The maximum absolute atomic E-state index is 12.4. The van der Waals surface area contributed by atoms with Crippen molar-refractivity contribution in [1.29, 1.82) is 0 Å². The van der Waals surface area contributed by atoms with E-state index in [2.05, 4.69) is 46.1 Å². The third kappa shape index (κ3) is 47.2. The van der Waals surface area contributed by atoms with E-state index < -0.39 is 84.6 Å². The Morgan fingerprint density at radius 3 is 1.28 bits per heavy atom. The molecule has 2 heterocycles. The average Bonchev–Trinajstić information content (AvgIpc) is 1.10. The summed E-state index contributed by atoms with van der Waals surface area (Å²) in [5.74, 6) is 0.177. The second-order valence-corrected chi connectivity index (χ2v) is 38.5. The fourth-order valence-electron chi connectivity index (χ4n) is 9.32. The normalized spacial score (nSPS) is 25.3. The van der Waals surface area contributed by atoms with Crippen LogP contribution in [0.5, 0.6) is 0 Å². The van der Waals surface area contributed by atoms with Gasteiger partial charge in [0.25, 0.3) is 0 Å². The van der Waals surface area contributed by atoms with Gasteiger partial charge in [0, 0.05) is 54.6 Å². The van der Waals surface area contributed by atoms with E-state index in [4.69, 9.17) is 71.5 Å². The number of carbonyl (C=O) groups excluding carboxylic acids is 3. The van der Waals surface area contributed by atoms with E-state index in [0.717, 1.165) is 64.2 Å². The minimum atomic E-state index is -5.62. The van der Waals surface area contributed by atoms with Crippen LogP contribution in [0.2, 0.25) is 0 Å². The van der Waals surface area contributed by atoms with Crippen LogP contribution in [0.3, 0.4) is 0 Å². The van der Waals surface area contributed by atoms with Gasteiger partial charge in [0.15, 0.2) is 0 Å². The number of hydrogen-bond donors (Lipinski definition) is 8. The third-order valence-corrected chi connectivity index (χ3v) is 27.5. The van der Waals surface area contributed by atoms with Crippen molar-refractivity contribution in [2.45, 2.75) is 222 Å². The lowest BCUT2D eigenvalue weighted by atomic mass is 10.0. The molecule has 0 aromatic carbocycles. The number of Topliss-reactive ketones (excluding diaryl/α,β-unsaturated/α-hetero) is 1. The zero-order valence-corrected chi connectivity index (χ0v) is 64.1. The lowest BCUT2D eigenvalue weighted by molar-refractivity contribution is -0.151. The quantitative estimate of drug-likeness (QED) is 0.00700. The average molecular weight is 1590 g/mol. The van der Waals surface area contributed by atoms with Crippen LogP contribution < -0.4 is 0 Å². The first-order valence-electron chi connectivity index (χ1n) is 31.5. The van der Waals surface area contributed by atoms with Crippen LogP contribution >= 0.6 is 90.1 Å². The van der Waals surface area contributed by atoms with Crippen molar-refractivity contribution in [3.05, 3.63) is 24.3 Å². The van der Waals surface area contributed by atoms with Crippen molar-refractivity contribution in [1.82, 2.24) is 0 Å². The van der Waals surface area contributed by atoms with E-state index >= 15 is 0 Å². The summed E-state index contributed by atoms with van der Waals surface area (Å²) >= 11 is 0. The number of phosphoric acid groups is 6. The molecule has 97 heavy (non-hydrogen) atoms. The Kier molecular flexibility index (Phi) is 44.0. The fraction of sp³-hybridized carbons (Fsp3) is 0.870. The number of hydrogen-bond acceptors (Lipinski definition) is 29. The molecular formula is C54H100O33P6S4. The molecule has 8 unspecified atom stereocenters. The Morgan fingerprint density at radius 1 is 0.474 bits per heavy atom. The summed E-state index contributed by atoms with van der Waals surface area (Å²) in [7, 11) is -26.8. The van der Waals surface area contributed by atoms with Crippen LogP contribution in [0.1, 0.15) is 164 Å². The van der Waals surface area contributed by atoms with Crippen molar-refractivity contribution >= 4 is 108 Å². The maximum atomic E-state index is 12.4. The molecule has 2 aliphatic heterocycles. The van der Waals surface area contributed by atoms with Gasteiger partial charge in [0.1, 0.15) is 42.1 Å². The molecule has 0 aromatic heterocycles. The highest BCUT2D eigenvalue weighted by atomic mass is 33.1. The standard InChI is InChI=1S/C33H61O19P3S2.C21H39O14P3S2/c1-27-24-30(31(49-27)25-48-54(39,40)52-55(41,42)51-53(36,37)38)47-26-56-57-33(2,3)15-13-28(34)14-17-44-19-21-46-23-22-45-20-18-43-16-9-12-32(35)50-29-10-7-5-4-6-8-11-29;1-16-13-18(19(32-16)14-31-37(26,27)35-38(28,29)34-36(23,24)25)30-15-39-40-21(2,3)12-11-20(22)33-17-9-7-5-4-6-8-10-17/h4-5,27,29-31H,6-26H2,1-3H3,(H,39,40)(H,41,42)(H2,36,37,38);4-5,16-19H,6-15H2,1-3H3,(H,26,27)(H,28,29)(H2,23,24,25)/b2*5-4+/t27-,29?,30?,31+;16-,17?,18?,19+/m00/s1. The van der Waals surface area contributed by atoms with Crippen molar-refractivity contribution in [2.24, 2.45) is 0 Å². The zero-order valence-electron chi connectivity index (χ0n) is 55.4. The summed E-state index contributed by atoms with van der Waals surface area (Å²) in [6.07, 6.45) is 18.9. The second kappa shape index (κ2) is 46.8. The summed E-state index contributed by atoms with van der Waals surface area (Å²) in [6.45, 7) is 13.6. The van der Waals surface area contributed by atoms with Gasteiger partial charge in [0.2, 0.25) is 0 Å². The molecule has 0 spiro atoms. The van der Waals surface area contributed by atoms with Crippen molar-refractivity contribution in [3.63, 3.8) is 0 Å². The molecule has 33 nitrogen and oxygen atoms in total. The molecular weight excluding hydrogens is 1490 g/mol. The molecule has 0 bridgehead atoms. The summed E-state index contributed by atoms with van der Waals surface area (Å²) in [4.78, 5) is 109. The van der Waals surface area contributed by atoms with E-state index in [0.29, 0.717) is 111 Å². The molecule has 4 rings (SSSR count). The van der Waals surface area contributed by atoms with Crippen LogP contribution in [0.25, 0.3) is 0 Å². The van der Waals surface area contributed by atoms with Crippen molar-refractivity contribution < 1.29 is 155 Å². The largest absolute Gasteiger partial charge is 0.490 e. The Bertz CT molecular complexity index is 2670. The van der Waals surface area contributed by atoms with Crippen molar-refractivity contribution in [3.8, 4) is 0 Å². The van der Waals surface area contributed by atoms with Gasteiger partial charge >= 0.3 is 58.9 Å². The van der Waals surface area contributed by atoms with Gasteiger partial charge in [-0.05, 0) is 125 Å². The molecule has 2 fully saturated rings. The predicted octanol–water partition coefficient (Wildman–Crippen LogP) is 11.2. The molecule has 568 valence electrons. The van der Waals surface area contributed by atoms with E-state index in [9.17, 15) is 61.3 Å². The minimum Gasteiger partial charge on any atom is -0.462 e. The van der Waals surface area contributed by atoms with Gasteiger partial charge < -0.3 is 86.5 Å². The molecule has 0 aromatic rings. The van der Waals surface area contributed by atoms with Crippen LogP contribution in [-0.2, 0) is 115 Å². The number of ether oxygens (including phenoxy) is 10. The molecule has 0 saturated carbocycles. The number of carbonyl (C=O) groups is 3. The number of esters is 2. The maximum Gasteiger partial charge on any atom is 0.490 e. The number of phosphoric ester groups is 2. The molecule has 4 aliphatic rings. The Labute approximate surface area is 583 Å². The highest BCUT2D eigenvalue weighted by Gasteiger charge is 2.45. The fourth-order valence-corrected chi connectivity index (χ4v) is 20.0. The highest BCUT2D eigenvalue weighted by molar-refractivity contribution is 8.77. The van der Waals surface area contributed by atoms with E-state index in [1.807, 2.05) is 27.7 Å². The molecule has 2 aliphatic carbocycles. The van der Waals surface area contributed by atoms with Crippen LogP contribution in [0.4, 0.5) is 0 Å². The zero-order chi connectivity index (χ0) is 72.2. The first-order valence-corrected chi connectivity index (χ1v) is 45.2. The third-order valence-electron chi connectivity index (χ3n) is 13.9. The van der Waals surface area contributed by atoms with Gasteiger partial charge in [0.05, 0.1) is 83.9 Å². The Hall–Kier alpha value is -0.0100. The molecule has 2 saturated heterocycles. The number of allylic oxidation sites excluding steroid dienone is 4. The monoisotopic (exact) mass is 1590 g/mol. The number of ketones is 1. The minimum absolute atomic E-state index is 0.0198. The Morgan fingerprint density at radius 2 is 0.856 bits per heavy atom. The molecule has 0 amide bonds. The first kappa shape index (κ1) is 91.2. The van der Waals surface area contributed by atoms with Gasteiger partial charge in [-0.25, -0.2) is 27.4 Å². The van der Waals surface area contributed by atoms with Gasteiger partial charge in [-0.3, -0.25) is 23.4 Å². The van der Waals surface area contributed by atoms with Gasteiger partial charge in [-0.1, -0.05) is 67.5 Å². The summed E-state index contributed by atoms with van der Waals surface area (Å²) in [5.41, 5.74) is 0. The second-order valence-electron chi connectivity index (χ2n) is 23.8. The number of rotatable bonds is 48. The molecule has 0 radical (unpaired) electrons. The molecule has 12 atom stereocenters. The topological polar surface area (TPSA) is 463 Å². The lowest BCUT2D eigenvalue weighted by Crippen LogP contribution is -2.29. The summed E-state index contributed by atoms with van der Waals surface area (Å²) in [5, 5.41) is 0. The summed E-state index contributed by atoms with van der Waals surface area (Å²) < 4.78 is 149. The smallest absolute Gasteiger partial charge is 0.462 e. The van der Waals surface area contributed by atoms with E-state index in [1.54, 1.807) is 24.6 Å². The van der Waals surface area contributed by atoms with Crippen molar-refractivity contribution in [2.75, 3.05) is 77.9 Å². The van der Waals surface area contributed by atoms with Crippen LogP contribution in [0, 0.1) is 0 Å². The molecule has 8 N–H and O–H groups in total. The first-order chi connectivity index (χ1) is 45.3. The summed E-state index contributed by atoms with van der Waals surface area (Å²) in [6, 6.07) is 0. The van der Waals surface area contributed by atoms with Crippen LogP contribution in [-0.4, -0.2) is 193 Å².